The van der Waals surface area contributed by atoms with Crippen LogP contribution in [0, 0.1) is 0 Å². The Morgan fingerprint density at radius 2 is 2.00 bits per heavy atom. The second-order valence-electron chi connectivity index (χ2n) is 7.04. The second-order valence-corrected chi connectivity index (χ2v) is 8.15. The summed E-state index contributed by atoms with van der Waals surface area (Å²) in [5.74, 6) is -0.0609. The third-order valence-electron chi connectivity index (χ3n) is 4.63. The van der Waals surface area contributed by atoms with E-state index in [-0.39, 0.29) is 17.2 Å². The smallest absolute Gasteiger partial charge is 0.330 e. The average molecular weight is 416 g/mol. The topological polar surface area (TPSA) is 88.8 Å². The lowest BCUT2D eigenvalue weighted by atomic mass is 10.0. The molecule has 1 aliphatic rings. The molecule has 2 amide bonds. The first-order valence-electron chi connectivity index (χ1n) is 9.37. The van der Waals surface area contributed by atoms with E-state index < -0.39 is 24.5 Å². The molecule has 1 fully saturated rings. The number of amides is 2. The van der Waals surface area contributed by atoms with Gasteiger partial charge in [0, 0.05) is 18.4 Å². The van der Waals surface area contributed by atoms with Crippen LogP contribution < -0.4 is 5.32 Å². The molecule has 1 aliphatic heterocycles. The molecular formula is C21H24N2O5S. The van der Waals surface area contributed by atoms with Gasteiger partial charge in [-0.2, -0.15) is 0 Å². The molecule has 0 spiro atoms. The molecule has 3 rings (SSSR count). The third kappa shape index (κ3) is 4.82. The van der Waals surface area contributed by atoms with E-state index in [2.05, 4.69) is 5.32 Å². The SMILES string of the molecule is CC(=O)N1[C@@H](C(=O)OCC(=O)Nc2ccccc2C(C)C)CS[C@@H]1c1ccco1. The van der Waals surface area contributed by atoms with Crippen LogP contribution in [0.15, 0.2) is 47.1 Å². The lowest BCUT2D eigenvalue weighted by Gasteiger charge is -2.25. The molecule has 0 unspecified atom stereocenters. The van der Waals surface area contributed by atoms with E-state index in [1.807, 2.05) is 38.1 Å². The van der Waals surface area contributed by atoms with Gasteiger partial charge in [0.05, 0.1) is 6.26 Å². The van der Waals surface area contributed by atoms with Crippen LogP contribution in [0.2, 0.25) is 0 Å². The van der Waals surface area contributed by atoms with Crippen LogP contribution in [0.5, 0.6) is 0 Å². The van der Waals surface area contributed by atoms with E-state index >= 15 is 0 Å². The van der Waals surface area contributed by atoms with Crippen molar-refractivity contribution in [3.05, 3.63) is 54.0 Å². The number of benzene rings is 1. The Morgan fingerprint density at radius 3 is 2.66 bits per heavy atom. The number of furan rings is 1. The van der Waals surface area contributed by atoms with Crippen LogP contribution >= 0.6 is 11.8 Å². The highest BCUT2D eigenvalue weighted by Crippen LogP contribution is 2.41. The number of hydrogen-bond acceptors (Lipinski definition) is 6. The number of thioether (sulfide) groups is 1. The first-order chi connectivity index (χ1) is 13.9. The molecule has 1 saturated heterocycles. The maximum Gasteiger partial charge on any atom is 0.330 e. The van der Waals surface area contributed by atoms with Gasteiger partial charge in [-0.25, -0.2) is 4.79 Å². The Morgan fingerprint density at radius 1 is 1.24 bits per heavy atom. The molecule has 29 heavy (non-hydrogen) atoms. The van der Waals surface area contributed by atoms with Crippen molar-refractivity contribution in [2.45, 2.75) is 38.1 Å². The highest BCUT2D eigenvalue weighted by molar-refractivity contribution is 7.99. The first-order valence-corrected chi connectivity index (χ1v) is 10.4. The van der Waals surface area contributed by atoms with Crippen molar-refractivity contribution in [1.82, 2.24) is 4.90 Å². The van der Waals surface area contributed by atoms with Crippen LogP contribution in [-0.4, -0.2) is 41.1 Å². The molecule has 2 atom stereocenters. The number of esters is 1. The van der Waals surface area contributed by atoms with Crippen molar-refractivity contribution in [2.24, 2.45) is 0 Å². The van der Waals surface area contributed by atoms with Gasteiger partial charge in [0.2, 0.25) is 5.91 Å². The predicted octanol–water partition coefficient (Wildman–Crippen LogP) is 3.55. The van der Waals surface area contributed by atoms with Gasteiger partial charge in [-0.15, -0.1) is 11.8 Å². The van der Waals surface area contributed by atoms with Crippen LogP contribution in [0.4, 0.5) is 5.69 Å². The van der Waals surface area contributed by atoms with Crippen molar-refractivity contribution in [2.75, 3.05) is 17.7 Å². The normalized spacial score (nSPS) is 18.7. The van der Waals surface area contributed by atoms with Crippen LogP contribution in [0.3, 0.4) is 0 Å². The molecule has 7 nitrogen and oxygen atoms in total. The number of nitrogens with one attached hydrogen (secondary N) is 1. The van der Waals surface area contributed by atoms with E-state index in [0.717, 1.165) is 5.56 Å². The largest absolute Gasteiger partial charge is 0.466 e. The Balaban J connectivity index is 1.60. The molecule has 2 heterocycles. The molecule has 0 radical (unpaired) electrons. The molecule has 1 aromatic carbocycles. The van der Waals surface area contributed by atoms with E-state index in [4.69, 9.17) is 9.15 Å². The van der Waals surface area contributed by atoms with Gasteiger partial charge in [0.25, 0.3) is 5.91 Å². The Kier molecular flexibility index (Phi) is 6.64. The van der Waals surface area contributed by atoms with Gasteiger partial charge in [-0.05, 0) is 29.7 Å². The lowest BCUT2D eigenvalue weighted by molar-refractivity contribution is -0.155. The van der Waals surface area contributed by atoms with Gasteiger partial charge >= 0.3 is 5.97 Å². The van der Waals surface area contributed by atoms with Crippen molar-refractivity contribution in [1.29, 1.82) is 0 Å². The zero-order chi connectivity index (χ0) is 21.0. The summed E-state index contributed by atoms with van der Waals surface area (Å²) in [6.45, 7) is 5.06. The maximum atomic E-state index is 12.6. The van der Waals surface area contributed by atoms with E-state index in [1.54, 1.807) is 12.1 Å². The molecule has 154 valence electrons. The van der Waals surface area contributed by atoms with Crippen molar-refractivity contribution < 1.29 is 23.5 Å². The minimum absolute atomic E-state index is 0.243. The molecule has 8 heteroatoms. The minimum atomic E-state index is -0.761. The summed E-state index contributed by atoms with van der Waals surface area (Å²) in [6.07, 6.45) is 1.53. The lowest BCUT2D eigenvalue weighted by Crippen LogP contribution is -2.43. The summed E-state index contributed by atoms with van der Waals surface area (Å²) in [6, 6.07) is 10.2. The molecule has 0 bridgehead atoms. The van der Waals surface area contributed by atoms with Gasteiger partial charge in [-0.3, -0.25) is 9.59 Å². The van der Waals surface area contributed by atoms with Gasteiger partial charge in [-0.1, -0.05) is 32.0 Å². The molecule has 0 aliphatic carbocycles. The first kappa shape index (κ1) is 21.0. The highest BCUT2D eigenvalue weighted by Gasteiger charge is 2.43. The average Bonchev–Trinajstić information content (AvgIpc) is 3.35. The molecular weight excluding hydrogens is 392 g/mol. The van der Waals surface area contributed by atoms with Crippen LogP contribution in [0.1, 0.15) is 43.4 Å². The fraction of sp³-hybridized carbons (Fsp3) is 0.381. The number of carbonyl (C=O) groups excluding carboxylic acids is 3. The molecule has 1 aromatic heterocycles. The Bertz CT molecular complexity index is 881. The molecule has 0 saturated carbocycles. The summed E-state index contributed by atoms with van der Waals surface area (Å²) in [7, 11) is 0. The standard InChI is InChI=1S/C21H24N2O5S/c1-13(2)15-7-4-5-8-16(15)22-19(25)11-28-21(26)17-12-29-20(23(17)14(3)24)18-9-6-10-27-18/h4-10,13,17,20H,11-12H2,1-3H3,(H,22,25)/t17-,20-/m1/s1. The molecule has 2 aromatic rings. The maximum absolute atomic E-state index is 12.6. The summed E-state index contributed by atoms with van der Waals surface area (Å²) in [4.78, 5) is 38.4. The number of para-hydroxylation sites is 1. The minimum Gasteiger partial charge on any atom is -0.466 e. The summed E-state index contributed by atoms with van der Waals surface area (Å²) < 4.78 is 10.6. The van der Waals surface area contributed by atoms with Crippen LogP contribution in [-0.2, 0) is 19.1 Å². The summed E-state index contributed by atoms with van der Waals surface area (Å²) >= 11 is 1.42. The number of rotatable bonds is 6. The van der Waals surface area contributed by atoms with Crippen molar-refractivity contribution in [3.8, 4) is 0 Å². The highest BCUT2D eigenvalue weighted by atomic mass is 32.2. The summed E-state index contributed by atoms with van der Waals surface area (Å²) in [5, 5.41) is 2.40. The number of hydrogen-bond donors (Lipinski definition) is 1. The molecule has 1 N–H and O–H groups in total. The van der Waals surface area contributed by atoms with Crippen molar-refractivity contribution >= 4 is 35.2 Å². The van der Waals surface area contributed by atoms with E-state index in [1.165, 1.54) is 29.8 Å². The second kappa shape index (κ2) is 9.17. The number of nitrogens with zero attached hydrogens (tertiary/aromatic N) is 1. The van der Waals surface area contributed by atoms with E-state index in [0.29, 0.717) is 17.2 Å². The Labute approximate surface area is 173 Å². The predicted molar refractivity (Wildman–Crippen MR) is 110 cm³/mol. The van der Waals surface area contributed by atoms with E-state index in [9.17, 15) is 14.4 Å². The zero-order valence-electron chi connectivity index (χ0n) is 16.6. The number of ether oxygens (including phenoxy) is 1. The number of carbonyl (C=O) groups is 3. The van der Waals surface area contributed by atoms with Crippen LogP contribution in [0.25, 0.3) is 0 Å². The third-order valence-corrected chi connectivity index (χ3v) is 5.91. The van der Waals surface area contributed by atoms with Gasteiger partial charge in [0.1, 0.15) is 17.2 Å². The van der Waals surface area contributed by atoms with Gasteiger partial charge < -0.3 is 19.4 Å². The van der Waals surface area contributed by atoms with Gasteiger partial charge in [0.15, 0.2) is 6.61 Å². The fourth-order valence-corrected chi connectivity index (χ4v) is 4.67. The monoisotopic (exact) mass is 416 g/mol. The Hall–Kier alpha value is -2.74. The number of anilines is 1. The van der Waals surface area contributed by atoms with Crippen molar-refractivity contribution in [3.63, 3.8) is 0 Å². The zero-order valence-corrected chi connectivity index (χ0v) is 17.4. The fourth-order valence-electron chi connectivity index (χ4n) is 3.26. The quantitative estimate of drug-likeness (QED) is 0.725. The summed E-state index contributed by atoms with van der Waals surface area (Å²) in [5.41, 5.74) is 1.70.